The van der Waals surface area contributed by atoms with Gasteiger partial charge in [-0.05, 0) is 32.3 Å². The maximum absolute atomic E-state index is 12.6. The van der Waals surface area contributed by atoms with Crippen molar-refractivity contribution in [3.8, 4) is 40.2 Å². The average Bonchev–Trinajstić information content (AvgIpc) is 3.60. The molecule has 40 heavy (non-hydrogen) atoms. The highest BCUT2D eigenvalue weighted by molar-refractivity contribution is 5.87. The predicted octanol–water partition coefficient (Wildman–Crippen LogP) is 3.05. The van der Waals surface area contributed by atoms with E-state index in [4.69, 9.17) is 4.98 Å². The van der Waals surface area contributed by atoms with Crippen molar-refractivity contribution >= 4 is 17.2 Å². The highest BCUT2D eigenvalue weighted by atomic mass is 16.2. The van der Waals surface area contributed by atoms with Crippen molar-refractivity contribution in [2.75, 3.05) is 51.7 Å². The number of piperazine rings is 1. The second-order valence-electron chi connectivity index (χ2n) is 10.2. The molecule has 204 valence electrons. The molecule has 4 aromatic heterocycles. The molecular formula is C30H33N9O. The Bertz CT molecular complexity index is 1590. The van der Waals surface area contributed by atoms with Crippen LogP contribution in [0.3, 0.4) is 0 Å². The molecule has 0 N–H and O–H groups in total. The largest absolute Gasteiger partial charge is 0.353 e. The summed E-state index contributed by atoms with van der Waals surface area (Å²) < 4.78 is 3.50. The van der Waals surface area contributed by atoms with Crippen molar-refractivity contribution < 1.29 is 4.79 Å². The van der Waals surface area contributed by atoms with Crippen molar-refractivity contribution in [1.82, 2.24) is 34.2 Å². The molecule has 1 aliphatic rings. The number of amides is 1. The molecule has 1 amide bonds. The lowest BCUT2D eigenvalue weighted by Crippen LogP contribution is -2.49. The van der Waals surface area contributed by atoms with Gasteiger partial charge in [0.05, 0.1) is 23.5 Å². The number of rotatable bonds is 7. The topological polar surface area (TPSA) is 98.6 Å². The summed E-state index contributed by atoms with van der Waals surface area (Å²) in [7, 11) is 5.94. The first-order valence-corrected chi connectivity index (χ1v) is 13.4. The summed E-state index contributed by atoms with van der Waals surface area (Å²) in [5.41, 5.74) is 4.96. The SMILES string of the molecule is CN(C)CCC#CCCC(=O)N1CCN(c2ccc(-c3cc(-c4cnn(C)c4)cn4ncc(C#N)c34)cn2)CC1. The van der Waals surface area contributed by atoms with Crippen LogP contribution in [0.1, 0.15) is 24.8 Å². The molecule has 1 fully saturated rings. The molecule has 5 rings (SSSR count). The Morgan fingerprint density at radius 3 is 2.45 bits per heavy atom. The number of carbonyl (C=O) groups excluding carboxylic acids is 1. The van der Waals surface area contributed by atoms with Gasteiger partial charge in [-0.3, -0.25) is 9.48 Å². The Morgan fingerprint density at radius 1 is 0.975 bits per heavy atom. The maximum Gasteiger partial charge on any atom is 0.223 e. The summed E-state index contributed by atoms with van der Waals surface area (Å²) >= 11 is 0. The Balaban J connectivity index is 1.26. The second-order valence-corrected chi connectivity index (χ2v) is 10.2. The predicted molar refractivity (Wildman–Crippen MR) is 154 cm³/mol. The van der Waals surface area contributed by atoms with Gasteiger partial charge in [0, 0.05) is 99.9 Å². The fourth-order valence-corrected chi connectivity index (χ4v) is 4.85. The highest BCUT2D eigenvalue weighted by Crippen LogP contribution is 2.32. The van der Waals surface area contributed by atoms with Crippen LogP contribution >= 0.6 is 0 Å². The molecule has 4 aromatic rings. The van der Waals surface area contributed by atoms with Crippen LogP contribution in [0.4, 0.5) is 5.82 Å². The molecule has 0 unspecified atom stereocenters. The summed E-state index contributed by atoms with van der Waals surface area (Å²) in [5.74, 6) is 7.30. The Labute approximate surface area is 234 Å². The smallest absolute Gasteiger partial charge is 0.223 e. The van der Waals surface area contributed by atoms with E-state index in [0.29, 0.717) is 31.5 Å². The molecule has 0 atom stereocenters. The molecule has 0 aromatic carbocycles. The lowest BCUT2D eigenvalue weighted by Gasteiger charge is -2.35. The van der Waals surface area contributed by atoms with Crippen LogP contribution in [0.15, 0.2) is 49.2 Å². The van der Waals surface area contributed by atoms with Crippen LogP contribution in [0.25, 0.3) is 27.8 Å². The van der Waals surface area contributed by atoms with Gasteiger partial charge in [-0.2, -0.15) is 15.5 Å². The van der Waals surface area contributed by atoms with Gasteiger partial charge >= 0.3 is 0 Å². The van der Waals surface area contributed by atoms with E-state index in [9.17, 15) is 10.1 Å². The number of pyridine rings is 2. The first-order chi connectivity index (χ1) is 19.4. The number of aryl methyl sites for hydroxylation is 1. The normalized spacial score (nSPS) is 13.4. The average molecular weight is 536 g/mol. The molecule has 10 heteroatoms. The molecule has 0 saturated carbocycles. The first-order valence-electron chi connectivity index (χ1n) is 13.4. The molecule has 0 aliphatic carbocycles. The fourth-order valence-electron chi connectivity index (χ4n) is 4.85. The van der Waals surface area contributed by atoms with E-state index in [1.165, 1.54) is 0 Å². The number of carbonyl (C=O) groups is 1. The molecule has 10 nitrogen and oxygen atoms in total. The molecular weight excluding hydrogens is 502 g/mol. The third kappa shape index (κ3) is 5.98. The quantitative estimate of drug-likeness (QED) is 0.336. The lowest BCUT2D eigenvalue weighted by molar-refractivity contribution is -0.131. The molecule has 1 saturated heterocycles. The third-order valence-electron chi connectivity index (χ3n) is 7.06. The summed E-state index contributed by atoms with van der Waals surface area (Å²) in [6.07, 6.45) is 11.0. The third-order valence-corrected chi connectivity index (χ3v) is 7.06. The minimum absolute atomic E-state index is 0.163. The standard InChI is InChI=1S/C30H33N9O/c1-35(2)11-7-5-4-6-8-29(40)38-14-12-37(13-15-38)28-10-9-23(18-32-28)27-16-24(26-20-33-36(3)21-26)22-39-30(27)25(17-31)19-34-39/h9-10,16,18-22H,6-8,11-15H2,1-3H3. The van der Waals surface area contributed by atoms with E-state index >= 15 is 0 Å². The number of fused-ring (bicyclic) bond motifs is 1. The lowest BCUT2D eigenvalue weighted by atomic mass is 10.0. The van der Waals surface area contributed by atoms with E-state index in [0.717, 1.165) is 59.6 Å². The van der Waals surface area contributed by atoms with Gasteiger partial charge in [0.25, 0.3) is 0 Å². The Kier molecular flexibility index (Phi) is 8.09. The van der Waals surface area contributed by atoms with E-state index < -0.39 is 0 Å². The second kappa shape index (κ2) is 12.0. The number of aromatic nitrogens is 5. The number of nitriles is 1. The van der Waals surface area contributed by atoms with Gasteiger partial charge in [-0.25, -0.2) is 9.50 Å². The van der Waals surface area contributed by atoms with Gasteiger partial charge in [0.2, 0.25) is 5.91 Å². The van der Waals surface area contributed by atoms with Crippen LogP contribution < -0.4 is 4.90 Å². The molecule has 1 aliphatic heterocycles. The van der Waals surface area contributed by atoms with E-state index in [-0.39, 0.29) is 5.91 Å². The number of anilines is 1. The van der Waals surface area contributed by atoms with Crippen LogP contribution in [0.2, 0.25) is 0 Å². The minimum atomic E-state index is 0.163. The van der Waals surface area contributed by atoms with Crippen molar-refractivity contribution in [1.29, 1.82) is 5.26 Å². The Morgan fingerprint density at radius 2 is 1.77 bits per heavy atom. The van der Waals surface area contributed by atoms with Gasteiger partial charge < -0.3 is 14.7 Å². The maximum atomic E-state index is 12.6. The van der Waals surface area contributed by atoms with Crippen molar-refractivity contribution in [2.24, 2.45) is 7.05 Å². The van der Waals surface area contributed by atoms with Crippen molar-refractivity contribution in [3.05, 3.63) is 54.7 Å². The zero-order valence-corrected chi connectivity index (χ0v) is 23.2. The zero-order valence-electron chi connectivity index (χ0n) is 23.2. The van der Waals surface area contributed by atoms with Crippen LogP contribution in [-0.4, -0.2) is 86.9 Å². The first kappa shape index (κ1) is 26.9. The molecule has 0 radical (unpaired) electrons. The minimum Gasteiger partial charge on any atom is -0.353 e. The van der Waals surface area contributed by atoms with Crippen LogP contribution in [0.5, 0.6) is 0 Å². The van der Waals surface area contributed by atoms with E-state index in [2.05, 4.69) is 44.0 Å². The van der Waals surface area contributed by atoms with Crippen LogP contribution in [-0.2, 0) is 11.8 Å². The van der Waals surface area contributed by atoms with E-state index in [1.54, 1.807) is 15.4 Å². The monoisotopic (exact) mass is 535 g/mol. The summed E-state index contributed by atoms with van der Waals surface area (Å²) in [6, 6.07) is 8.35. The number of nitrogens with zero attached hydrogens (tertiary/aromatic N) is 9. The van der Waals surface area contributed by atoms with Crippen molar-refractivity contribution in [3.63, 3.8) is 0 Å². The number of hydrogen-bond donors (Lipinski definition) is 0. The highest BCUT2D eigenvalue weighted by Gasteiger charge is 2.22. The summed E-state index contributed by atoms with van der Waals surface area (Å²) in [6.45, 7) is 3.74. The van der Waals surface area contributed by atoms with E-state index in [1.807, 2.05) is 63.0 Å². The van der Waals surface area contributed by atoms with Crippen molar-refractivity contribution in [2.45, 2.75) is 19.3 Å². The van der Waals surface area contributed by atoms with Gasteiger partial charge in [-0.15, -0.1) is 11.8 Å². The molecule has 0 spiro atoms. The summed E-state index contributed by atoms with van der Waals surface area (Å²) in [5, 5.41) is 18.4. The fraction of sp³-hybridized carbons (Fsp3) is 0.367. The van der Waals surface area contributed by atoms with Crippen LogP contribution in [0, 0.1) is 23.2 Å². The van der Waals surface area contributed by atoms with Gasteiger partial charge in [-0.1, -0.05) is 0 Å². The molecule has 0 bridgehead atoms. The van der Waals surface area contributed by atoms with Gasteiger partial charge in [0.1, 0.15) is 11.9 Å². The Hall–Kier alpha value is -4.67. The number of hydrogen-bond acceptors (Lipinski definition) is 7. The molecule has 5 heterocycles. The zero-order chi connectivity index (χ0) is 28.1. The summed E-state index contributed by atoms with van der Waals surface area (Å²) in [4.78, 5) is 23.6. The van der Waals surface area contributed by atoms with Gasteiger partial charge in [0.15, 0.2) is 0 Å².